The molecule has 5 atom stereocenters. The smallest absolute Gasteiger partial charge is 0.223 e. The molecule has 2 bridgehead atoms. The molecule has 5 unspecified atom stereocenters. The summed E-state index contributed by atoms with van der Waals surface area (Å²) in [6.45, 7) is 6.11. The first-order chi connectivity index (χ1) is 15.1. The van der Waals surface area contributed by atoms with Crippen LogP contribution < -0.4 is 15.8 Å². The number of aryl methyl sites for hydroxylation is 1. The Morgan fingerprint density at radius 1 is 1.28 bits per heavy atom. The number of primary amides is 1. The summed E-state index contributed by atoms with van der Waals surface area (Å²) in [5.74, 6) is 1.75. The molecule has 0 aliphatic heterocycles. The summed E-state index contributed by atoms with van der Waals surface area (Å²) in [4.78, 5) is 23.3. The number of hydrogen-bond donors (Lipinski definition) is 3. The van der Waals surface area contributed by atoms with Crippen molar-refractivity contribution in [2.24, 2.45) is 28.9 Å². The molecule has 4 N–H and O–H groups in total. The average molecular weight is 464 g/mol. The van der Waals surface area contributed by atoms with Crippen molar-refractivity contribution in [2.75, 3.05) is 7.05 Å². The van der Waals surface area contributed by atoms with Crippen LogP contribution in [0.3, 0.4) is 0 Å². The van der Waals surface area contributed by atoms with Crippen LogP contribution in [0.5, 0.6) is 0 Å². The van der Waals surface area contributed by atoms with Crippen LogP contribution in [-0.4, -0.2) is 30.8 Å². The van der Waals surface area contributed by atoms with Crippen LogP contribution in [0.1, 0.15) is 64.4 Å². The number of nitrogens with two attached hydrogens (primary N) is 1. The molecule has 3 aliphatic carbocycles. The lowest BCUT2D eigenvalue weighted by atomic mass is 9.57. The normalized spacial score (nSPS) is 32.8. The molecule has 3 saturated carbocycles. The number of aldehydes is 1. The summed E-state index contributed by atoms with van der Waals surface area (Å²) >= 11 is 1.33. The SMILES string of the molecule is CNC1C(C)CC2CC1CC(C)(C(N)=O)C2.Cc1ccc(SNC2(C=O)CCC2)cc1F. The van der Waals surface area contributed by atoms with E-state index in [2.05, 4.69) is 23.9 Å². The number of amides is 1. The van der Waals surface area contributed by atoms with E-state index in [1.54, 1.807) is 13.0 Å². The van der Waals surface area contributed by atoms with Crippen molar-refractivity contribution in [1.82, 2.24) is 10.0 Å². The Morgan fingerprint density at radius 2 is 2.00 bits per heavy atom. The van der Waals surface area contributed by atoms with Crippen LogP contribution in [0.4, 0.5) is 4.39 Å². The Balaban J connectivity index is 0.000000181. The molecule has 178 valence electrons. The molecule has 5 nitrogen and oxygen atoms in total. The van der Waals surface area contributed by atoms with Crippen molar-refractivity contribution in [3.63, 3.8) is 0 Å². The number of carbonyl (C=O) groups is 2. The zero-order valence-electron chi connectivity index (χ0n) is 19.7. The highest BCUT2D eigenvalue weighted by Gasteiger charge is 2.47. The summed E-state index contributed by atoms with van der Waals surface area (Å²) in [6.07, 6.45) is 8.27. The van der Waals surface area contributed by atoms with Gasteiger partial charge < -0.3 is 15.8 Å². The number of hydrogen-bond acceptors (Lipinski definition) is 5. The van der Waals surface area contributed by atoms with Crippen LogP contribution >= 0.6 is 11.9 Å². The van der Waals surface area contributed by atoms with Gasteiger partial charge in [0.25, 0.3) is 0 Å². The van der Waals surface area contributed by atoms with E-state index in [4.69, 9.17) is 5.73 Å². The molecule has 1 aromatic carbocycles. The van der Waals surface area contributed by atoms with Crippen LogP contribution in [0.25, 0.3) is 0 Å². The van der Waals surface area contributed by atoms with Gasteiger partial charge in [-0.3, -0.25) is 4.79 Å². The molecule has 1 amide bonds. The van der Waals surface area contributed by atoms with Gasteiger partial charge in [-0.15, -0.1) is 0 Å². The fraction of sp³-hybridized carbons (Fsp3) is 0.680. The Kier molecular flexibility index (Phi) is 8.05. The first-order valence-electron chi connectivity index (χ1n) is 11.7. The molecule has 32 heavy (non-hydrogen) atoms. The second-order valence-corrected chi connectivity index (χ2v) is 11.3. The van der Waals surface area contributed by atoms with E-state index in [0.29, 0.717) is 23.4 Å². The monoisotopic (exact) mass is 463 g/mol. The highest BCUT2D eigenvalue weighted by molar-refractivity contribution is 7.97. The summed E-state index contributed by atoms with van der Waals surface area (Å²) in [7, 11) is 2.04. The summed E-state index contributed by atoms with van der Waals surface area (Å²) in [5, 5.41) is 3.43. The lowest BCUT2D eigenvalue weighted by molar-refractivity contribution is -0.132. The zero-order chi connectivity index (χ0) is 23.5. The third-order valence-corrected chi connectivity index (χ3v) is 8.83. The van der Waals surface area contributed by atoms with Crippen LogP contribution in [0, 0.1) is 35.9 Å². The Morgan fingerprint density at radius 3 is 2.53 bits per heavy atom. The molecule has 7 heteroatoms. The van der Waals surface area contributed by atoms with Crippen molar-refractivity contribution in [3.05, 3.63) is 29.6 Å². The van der Waals surface area contributed by atoms with Crippen LogP contribution in [0.2, 0.25) is 0 Å². The largest absolute Gasteiger partial charge is 0.369 e. The van der Waals surface area contributed by atoms with E-state index in [9.17, 15) is 14.0 Å². The Bertz CT molecular complexity index is 829. The fourth-order valence-electron chi connectivity index (χ4n) is 5.80. The molecule has 0 saturated heterocycles. The fourth-order valence-corrected chi connectivity index (χ4v) is 6.68. The molecule has 1 aromatic rings. The van der Waals surface area contributed by atoms with Crippen molar-refractivity contribution < 1.29 is 14.0 Å². The Labute approximate surface area is 196 Å². The number of halogens is 1. The maximum Gasteiger partial charge on any atom is 0.223 e. The highest BCUT2D eigenvalue weighted by atomic mass is 32.2. The number of nitrogens with one attached hydrogen (secondary N) is 2. The number of carbonyl (C=O) groups excluding carboxylic acids is 2. The standard InChI is InChI=1S/C13H24N2O.C12H14FNOS/c1-8-4-9-5-10(11(8)15-3)7-13(2,6-9)12(14)16;1-9-3-4-10(7-11(9)13)16-14-12(8-15)5-2-6-12/h8-11,15H,4-7H2,1-3H3,(H2,14,16);3-4,7-8,14H,2,5-6H2,1H3. The summed E-state index contributed by atoms with van der Waals surface area (Å²) in [5.41, 5.74) is 5.56. The van der Waals surface area contributed by atoms with Gasteiger partial charge in [-0.25, -0.2) is 9.11 Å². The summed E-state index contributed by atoms with van der Waals surface area (Å²) < 4.78 is 16.4. The molecular weight excluding hydrogens is 425 g/mol. The predicted octanol–water partition coefficient (Wildman–Crippen LogP) is 4.37. The first-order valence-corrected chi connectivity index (χ1v) is 12.6. The van der Waals surface area contributed by atoms with E-state index in [1.165, 1.54) is 30.9 Å². The Hall–Kier alpha value is -1.44. The van der Waals surface area contributed by atoms with Gasteiger partial charge in [-0.1, -0.05) is 19.9 Å². The van der Waals surface area contributed by atoms with E-state index in [-0.39, 0.29) is 22.7 Å². The molecule has 3 aliphatic rings. The van der Waals surface area contributed by atoms with Crippen molar-refractivity contribution in [1.29, 1.82) is 0 Å². The van der Waals surface area contributed by atoms with Crippen LogP contribution in [0.15, 0.2) is 23.1 Å². The lowest BCUT2D eigenvalue weighted by Gasteiger charge is -2.49. The topological polar surface area (TPSA) is 84.2 Å². The highest BCUT2D eigenvalue weighted by Crippen LogP contribution is 2.50. The van der Waals surface area contributed by atoms with E-state index in [1.807, 2.05) is 13.1 Å². The number of benzene rings is 1. The predicted molar refractivity (Wildman–Crippen MR) is 128 cm³/mol. The first kappa shape index (κ1) is 25.2. The minimum atomic E-state index is -0.383. The van der Waals surface area contributed by atoms with Gasteiger partial charge in [-0.05, 0) is 106 Å². The van der Waals surface area contributed by atoms with Gasteiger partial charge in [-0.2, -0.15) is 0 Å². The lowest BCUT2D eigenvalue weighted by Crippen LogP contribution is -2.52. The zero-order valence-corrected chi connectivity index (χ0v) is 20.6. The third kappa shape index (κ3) is 5.54. The van der Waals surface area contributed by atoms with Gasteiger partial charge in [0.1, 0.15) is 12.1 Å². The minimum absolute atomic E-state index is 0.105. The number of fused-ring (bicyclic) bond motifs is 2. The molecule has 0 heterocycles. The molecule has 4 rings (SSSR count). The van der Waals surface area contributed by atoms with Crippen molar-refractivity contribution >= 4 is 24.1 Å². The minimum Gasteiger partial charge on any atom is -0.369 e. The van der Waals surface area contributed by atoms with Gasteiger partial charge in [0.15, 0.2) is 0 Å². The molecular formula is C25H38FN3O2S. The van der Waals surface area contributed by atoms with Gasteiger partial charge >= 0.3 is 0 Å². The van der Waals surface area contributed by atoms with Crippen LogP contribution in [-0.2, 0) is 9.59 Å². The maximum absolute atomic E-state index is 13.3. The maximum atomic E-state index is 13.3. The summed E-state index contributed by atoms with van der Waals surface area (Å²) in [6, 6.07) is 5.65. The molecule has 0 radical (unpaired) electrons. The van der Waals surface area contributed by atoms with Gasteiger partial charge in [0.05, 0.1) is 5.54 Å². The molecule has 0 spiro atoms. The second kappa shape index (κ2) is 10.2. The molecule has 3 fully saturated rings. The van der Waals surface area contributed by atoms with Crippen molar-refractivity contribution in [2.45, 2.75) is 82.2 Å². The third-order valence-electron chi connectivity index (χ3n) is 7.83. The van der Waals surface area contributed by atoms with E-state index >= 15 is 0 Å². The molecule has 0 aromatic heterocycles. The van der Waals surface area contributed by atoms with Gasteiger partial charge in [0, 0.05) is 16.4 Å². The number of rotatable bonds is 6. The average Bonchev–Trinajstić information content (AvgIpc) is 2.70. The van der Waals surface area contributed by atoms with E-state index in [0.717, 1.165) is 49.2 Å². The quantitative estimate of drug-likeness (QED) is 0.431. The second-order valence-electron chi connectivity index (χ2n) is 10.5. The van der Waals surface area contributed by atoms with E-state index < -0.39 is 0 Å². The van der Waals surface area contributed by atoms with Crippen molar-refractivity contribution in [3.8, 4) is 0 Å². The van der Waals surface area contributed by atoms with Gasteiger partial charge in [0.2, 0.25) is 5.91 Å².